The molecule has 0 aliphatic heterocycles. The zero-order chi connectivity index (χ0) is 14.3. The molecule has 0 aliphatic carbocycles. The van der Waals surface area contributed by atoms with Crippen LogP contribution in [0.4, 0.5) is 0 Å². The molecule has 0 saturated carbocycles. The number of nitrogens with two attached hydrogens (primary N) is 3. The van der Waals surface area contributed by atoms with Crippen molar-refractivity contribution in [3.05, 3.63) is 6.92 Å². The van der Waals surface area contributed by atoms with Crippen LogP contribution in [0.25, 0.3) is 0 Å². The molecular formula is C7H18N11. The predicted molar refractivity (Wildman–Crippen MR) is 68.7 cm³/mol. The van der Waals surface area contributed by atoms with Gasteiger partial charge in [0.25, 0.3) is 0 Å². The Hall–Kier alpha value is -2.56. The Kier molecular flexibility index (Phi) is 5.36. The van der Waals surface area contributed by atoms with E-state index in [2.05, 4.69) is 28.2 Å². The summed E-state index contributed by atoms with van der Waals surface area (Å²) in [6, 6.07) is 0. The molecule has 0 rings (SSSR count). The standard InChI is InChI=1S/C7H18N11/c1-2-7(14,17-5(12)15-3(8)9)18-6(13)16-4(10)11/h1-2,14H2,(H6,8,9,12,15,17)(H6,10,11,13,16,18). The Morgan fingerprint density at radius 2 is 1.28 bits per heavy atom. The fourth-order valence-corrected chi connectivity index (χ4v) is 0.934. The zero-order valence-electron chi connectivity index (χ0n) is 9.65. The summed E-state index contributed by atoms with van der Waals surface area (Å²) in [7, 11) is 0. The molecule has 0 heterocycles. The van der Waals surface area contributed by atoms with Crippen molar-refractivity contribution in [1.82, 2.24) is 21.3 Å². The van der Waals surface area contributed by atoms with Crippen molar-refractivity contribution in [2.24, 2.45) is 17.2 Å². The second kappa shape index (κ2) is 6.24. The van der Waals surface area contributed by atoms with Crippen LogP contribution in [-0.4, -0.2) is 29.6 Å². The third kappa shape index (κ3) is 6.12. The summed E-state index contributed by atoms with van der Waals surface area (Å²) in [6.07, 6.45) is 0.0525. The average Bonchev–Trinajstić information content (AvgIpc) is 2.13. The highest BCUT2D eigenvalue weighted by Crippen LogP contribution is 1.95. The molecule has 0 aliphatic rings. The van der Waals surface area contributed by atoms with Crippen LogP contribution in [0, 0.1) is 28.6 Å². The quantitative estimate of drug-likeness (QED) is 0.141. The first kappa shape index (κ1) is 15.4. The van der Waals surface area contributed by atoms with Crippen LogP contribution in [0.3, 0.4) is 0 Å². The van der Waals surface area contributed by atoms with Gasteiger partial charge >= 0.3 is 0 Å². The third-order valence-corrected chi connectivity index (χ3v) is 1.61. The fourth-order valence-electron chi connectivity index (χ4n) is 0.934. The second-order valence-corrected chi connectivity index (χ2v) is 3.30. The number of rotatable bonds is 3. The molecule has 1 radical (unpaired) electrons. The first-order valence-electron chi connectivity index (χ1n) is 4.72. The van der Waals surface area contributed by atoms with Crippen molar-refractivity contribution < 1.29 is 0 Å². The van der Waals surface area contributed by atoms with Crippen LogP contribution in [0.5, 0.6) is 0 Å². The van der Waals surface area contributed by atoms with Gasteiger partial charge in [-0.15, -0.1) is 0 Å². The maximum atomic E-state index is 7.42. The summed E-state index contributed by atoms with van der Waals surface area (Å²) in [5.74, 6) is -2.97. The van der Waals surface area contributed by atoms with Crippen LogP contribution >= 0.6 is 0 Å². The Morgan fingerprint density at radius 1 is 0.944 bits per heavy atom. The van der Waals surface area contributed by atoms with Gasteiger partial charge in [0.15, 0.2) is 29.6 Å². The van der Waals surface area contributed by atoms with E-state index in [4.69, 9.17) is 38.8 Å². The molecule has 0 spiro atoms. The summed E-state index contributed by atoms with van der Waals surface area (Å²) in [4.78, 5) is 0. The van der Waals surface area contributed by atoms with Crippen molar-refractivity contribution in [3.63, 3.8) is 0 Å². The van der Waals surface area contributed by atoms with E-state index in [1.165, 1.54) is 0 Å². The van der Waals surface area contributed by atoms with Crippen LogP contribution in [0.2, 0.25) is 0 Å². The maximum Gasteiger partial charge on any atom is 0.198 e. The lowest BCUT2D eigenvalue weighted by molar-refractivity contribution is 0.357. The topological polar surface area (TPSA) is 222 Å². The Labute approximate surface area is 104 Å². The Morgan fingerprint density at radius 3 is 1.50 bits per heavy atom. The minimum absolute atomic E-state index is 0.0525. The Bertz CT molecular complexity index is 328. The highest BCUT2D eigenvalue weighted by molar-refractivity contribution is 5.96. The Balaban J connectivity index is 4.51. The normalized spacial score (nSPS) is 12.8. The summed E-state index contributed by atoms with van der Waals surface area (Å²) in [5, 5.41) is 37.9. The first-order valence-corrected chi connectivity index (χ1v) is 4.72. The van der Waals surface area contributed by atoms with Gasteiger partial charge in [0.05, 0.1) is 0 Å². The smallest absolute Gasteiger partial charge is 0.198 e. The highest BCUT2D eigenvalue weighted by atomic mass is 15.4. The minimum Gasteiger partial charge on any atom is -0.370 e. The molecule has 0 bridgehead atoms. The lowest BCUT2D eigenvalue weighted by Crippen LogP contribution is -2.70. The number of nitrogens with one attached hydrogen (secondary N) is 8. The van der Waals surface area contributed by atoms with E-state index in [0.717, 1.165) is 0 Å². The van der Waals surface area contributed by atoms with Gasteiger partial charge in [-0.25, -0.2) is 0 Å². The van der Waals surface area contributed by atoms with E-state index < -0.39 is 17.7 Å². The lowest BCUT2D eigenvalue weighted by Gasteiger charge is -2.32. The van der Waals surface area contributed by atoms with E-state index in [-0.39, 0.29) is 18.3 Å². The second-order valence-electron chi connectivity index (χ2n) is 3.30. The van der Waals surface area contributed by atoms with Gasteiger partial charge in [-0.05, 0) is 6.92 Å². The molecule has 14 N–H and O–H groups in total. The van der Waals surface area contributed by atoms with Crippen LogP contribution in [-0.2, 0) is 0 Å². The van der Waals surface area contributed by atoms with Gasteiger partial charge in [-0.2, -0.15) is 0 Å². The molecule has 0 unspecified atom stereocenters. The molecule has 0 amide bonds. The SMILES string of the molecule is [CH2]CC(N)(NC(=N)NC(=N)N)NC(=N)NC(=N)N. The molecule has 0 aromatic rings. The molecule has 11 nitrogen and oxygen atoms in total. The van der Waals surface area contributed by atoms with Gasteiger partial charge in [0.1, 0.15) is 0 Å². The van der Waals surface area contributed by atoms with Crippen molar-refractivity contribution >= 4 is 23.8 Å². The highest BCUT2D eigenvalue weighted by Gasteiger charge is 2.24. The molecular weight excluding hydrogens is 238 g/mol. The van der Waals surface area contributed by atoms with Crippen LogP contribution in [0.15, 0.2) is 0 Å². The third-order valence-electron chi connectivity index (χ3n) is 1.61. The summed E-state index contributed by atoms with van der Waals surface area (Å²) in [5.41, 5.74) is 15.9. The molecule has 0 atom stereocenters. The summed E-state index contributed by atoms with van der Waals surface area (Å²) >= 11 is 0. The largest absolute Gasteiger partial charge is 0.370 e. The molecule has 18 heavy (non-hydrogen) atoms. The van der Waals surface area contributed by atoms with Crippen molar-refractivity contribution in [3.8, 4) is 0 Å². The van der Waals surface area contributed by atoms with E-state index in [1.54, 1.807) is 0 Å². The number of hydrogen-bond donors (Lipinski definition) is 11. The average molecular weight is 256 g/mol. The van der Waals surface area contributed by atoms with Crippen LogP contribution < -0.4 is 38.5 Å². The van der Waals surface area contributed by atoms with Gasteiger partial charge in [-0.1, -0.05) is 0 Å². The molecule has 0 aromatic carbocycles. The monoisotopic (exact) mass is 256 g/mol. The summed E-state index contributed by atoms with van der Waals surface area (Å²) in [6.45, 7) is 3.55. The van der Waals surface area contributed by atoms with Crippen molar-refractivity contribution in [2.45, 2.75) is 12.2 Å². The van der Waals surface area contributed by atoms with Crippen molar-refractivity contribution in [2.75, 3.05) is 0 Å². The lowest BCUT2D eigenvalue weighted by atomic mass is 10.2. The van der Waals surface area contributed by atoms with Gasteiger partial charge in [0.2, 0.25) is 0 Å². The zero-order valence-corrected chi connectivity index (χ0v) is 9.65. The number of guanidine groups is 4. The minimum atomic E-state index is -1.43. The molecule has 101 valence electrons. The van der Waals surface area contributed by atoms with Crippen molar-refractivity contribution in [1.29, 1.82) is 21.6 Å². The molecule has 11 heteroatoms. The van der Waals surface area contributed by atoms with Gasteiger partial charge < -0.3 is 22.1 Å². The molecule has 0 aromatic heterocycles. The summed E-state index contributed by atoms with van der Waals surface area (Å²) < 4.78 is 0. The predicted octanol–water partition coefficient (Wildman–Crippen LogP) is -3.16. The fraction of sp³-hybridized carbons (Fsp3) is 0.286. The van der Waals surface area contributed by atoms with Gasteiger partial charge in [-0.3, -0.25) is 38.0 Å². The maximum absolute atomic E-state index is 7.42. The van der Waals surface area contributed by atoms with E-state index in [0.29, 0.717) is 0 Å². The van der Waals surface area contributed by atoms with E-state index >= 15 is 0 Å². The number of hydrogen-bond acceptors (Lipinski definition) is 5. The van der Waals surface area contributed by atoms with E-state index in [9.17, 15) is 0 Å². The van der Waals surface area contributed by atoms with E-state index in [1.807, 2.05) is 0 Å². The van der Waals surface area contributed by atoms with Gasteiger partial charge in [0, 0.05) is 6.42 Å². The molecule has 0 fully saturated rings. The first-order chi connectivity index (χ1) is 8.18. The molecule has 0 saturated heterocycles. The van der Waals surface area contributed by atoms with Crippen LogP contribution in [0.1, 0.15) is 6.42 Å².